The van der Waals surface area contributed by atoms with E-state index < -0.39 is 47.7 Å². The van der Waals surface area contributed by atoms with Gasteiger partial charge in [-0.15, -0.1) is 0 Å². The summed E-state index contributed by atoms with van der Waals surface area (Å²) < 4.78 is 17.6. The highest BCUT2D eigenvalue weighted by Gasteiger charge is 2.47. The minimum atomic E-state index is -1.50. The van der Waals surface area contributed by atoms with Gasteiger partial charge in [-0.2, -0.15) is 0 Å². The topological polar surface area (TPSA) is 153 Å². The molecule has 4 rings (SSSR count). The number of piperazine rings is 1. The number of nitrogens with zero attached hydrogens (tertiary/aromatic N) is 2. The van der Waals surface area contributed by atoms with E-state index in [2.05, 4.69) is 17.0 Å². The number of allylic oxidation sites excluding steroid dienone is 2. The van der Waals surface area contributed by atoms with E-state index in [-0.39, 0.29) is 43.3 Å². The van der Waals surface area contributed by atoms with Crippen molar-refractivity contribution in [3.8, 4) is 0 Å². The van der Waals surface area contributed by atoms with Crippen molar-refractivity contribution in [3.05, 3.63) is 71.8 Å². The Hall–Kier alpha value is -3.06. The number of hydrogen-bond donors (Lipinski definition) is 4. The highest BCUT2D eigenvalue weighted by Crippen LogP contribution is 2.37. The summed E-state index contributed by atoms with van der Waals surface area (Å²) in [4.78, 5) is 30.2. The van der Waals surface area contributed by atoms with Crippen LogP contribution in [0.1, 0.15) is 79.2 Å². The minimum Gasteiger partial charge on any atom is -0.457 e. The van der Waals surface area contributed by atoms with E-state index in [4.69, 9.17) is 14.2 Å². The maximum Gasteiger partial charge on any atom is 0.410 e. The van der Waals surface area contributed by atoms with E-state index in [1.165, 1.54) is 5.56 Å². The standard InChI is InChI=1S/C40H60N2O9/c1-7-32(44)29(4)37-33(49-37)25-39(5,47)18-11-12-27(2)36-28(3)15-16-34(40(6,48)19-17-31(43)24-35(45)51-36)50-38(46)42-22-20-41(21-23-42)26-30-13-9-8-10-14-30/h8-16,18,28-29,31-34,36-37,43-44,47-48H,7,17,19-26H2,1-6H3. The molecule has 0 bridgehead atoms. The monoisotopic (exact) mass is 712 g/mol. The van der Waals surface area contributed by atoms with Crippen LogP contribution in [0.15, 0.2) is 66.3 Å². The molecule has 0 spiro atoms. The van der Waals surface area contributed by atoms with Crippen LogP contribution in [-0.4, -0.2) is 116 Å². The molecule has 0 aliphatic carbocycles. The molecule has 51 heavy (non-hydrogen) atoms. The van der Waals surface area contributed by atoms with E-state index in [1.807, 2.05) is 45.9 Å². The Morgan fingerprint density at radius 3 is 2.53 bits per heavy atom. The van der Waals surface area contributed by atoms with E-state index >= 15 is 0 Å². The fraction of sp³-hybridized carbons (Fsp3) is 0.650. The molecule has 1 aromatic carbocycles. The Morgan fingerprint density at radius 2 is 1.86 bits per heavy atom. The largest absolute Gasteiger partial charge is 0.457 e. The molecular formula is C40H60N2O9. The minimum absolute atomic E-state index is 0.0153. The molecule has 0 radical (unpaired) electrons. The van der Waals surface area contributed by atoms with Crippen LogP contribution in [0.2, 0.25) is 0 Å². The summed E-state index contributed by atoms with van der Waals surface area (Å²) in [5.74, 6) is -0.967. The molecule has 1 aromatic rings. The van der Waals surface area contributed by atoms with E-state index in [9.17, 15) is 30.0 Å². The fourth-order valence-corrected chi connectivity index (χ4v) is 6.92. The number of cyclic esters (lactones) is 1. The van der Waals surface area contributed by atoms with Gasteiger partial charge in [0.1, 0.15) is 11.7 Å². The Morgan fingerprint density at radius 1 is 1.18 bits per heavy atom. The lowest BCUT2D eigenvalue weighted by molar-refractivity contribution is -0.151. The van der Waals surface area contributed by atoms with Gasteiger partial charge in [0, 0.05) is 51.0 Å². The highest BCUT2D eigenvalue weighted by atomic mass is 16.6. The van der Waals surface area contributed by atoms with Crippen molar-refractivity contribution >= 4 is 12.1 Å². The highest BCUT2D eigenvalue weighted by molar-refractivity contribution is 5.70. The number of amides is 1. The first-order valence-corrected chi connectivity index (χ1v) is 18.5. The number of carbonyl (C=O) groups excluding carboxylic acids is 2. The van der Waals surface area contributed by atoms with Crippen LogP contribution in [0.3, 0.4) is 0 Å². The van der Waals surface area contributed by atoms with Crippen molar-refractivity contribution in [2.75, 3.05) is 26.2 Å². The van der Waals surface area contributed by atoms with E-state index in [0.29, 0.717) is 44.6 Å². The Labute approximate surface area is 303 Å². The average molecular weight is 713 g/mol. The number of rotatable bonds is 11. The number of hydrogen-bond acceptors (Lipinski definition) is 10. The van der Waals surface area contributed by atoms with Gasteiger partial charge in [-0.05, 0) is 57.2 Å². The number of ether oxygens (including phenoxy) is 3. The van der Waals surface area contributed by atoms with Gasteiger partial charge >= 0.3 is 12.1 Å². The zero-order valence-electron chi connectivity index (χ0n) is 31.2. The molecule has 2 fully saturated rings. The molecule has 0 aromatic heterocycles. The van der Waals surface area contributed by atoms with Crippen LogP contribution in [0, 0.1) is 11.8 Å². The molecule has 2 saturated heterocycles. The van der Waals surface area contributed by atoms with E-state index in [0.717, 1.165) is 6.54 Å². The van der Waals surface area contributed by atoms with Crippen LogP contribution < -0.4 is 0 Å². The molecule has 4 N–H and O–H groups in total. The van der Waals surface area contributed by atoms with Gasteiger partial charge in [0.15, 0.2) is 6.10 Å². The van der Waals surface area contributed by atoms with Gasteiger partial charge in [0.2, 0.25) is 0 Å². The third kappa shape index (κ3) is 12.3. The van der Waals surface area contributed by atoms with Gasteiger partial charge in [-0.3, -0.25) is 9.69 Å². The third-order valence-corrected chi connectivity index (χ3v) is 10.5. The van der Waals surface area contributed by atoms with Crippen molar-refractivity contribution in [2.45, 2.75) is 128 Å². The third-order valence-electron chi connectivity index (χ3n) is 10.5. The van der Waals surface area contributed by atoms with Crippen LogP contribution in [0.25, 0.3) is 0 Å². The molecule has 11 heteroatoms. The number of epoxide rings is 1. The normalized spacial score (nSPS) is 32.3. The molecule has 284 valence electrons. The van der Waals surface area contributed by atoms with Crippen LogP contribution in [0.4, 0.5) is 4.79 Å². The maximum absolute atomic E-state index is 13.4. The summed E-state index contributed by atoms with van der Waals surface area (Å²) in [5, 5.41) is 43.4. The predicted octanol–water partition coefficient (Wildman–Crippen LogP) is 4.53. The lowest BCUT2D eigenvalue weighted by Gasteiger charge is -2.37. The fourth-order valence-electron chi connectivity index (χ4n) is 6.92. The first-order valence-electron chi connectivity index (χ1n) is 18.5. The zero-order chi connectivity index (χ0) is 37.3. The zero-order valence-corrected chi connectivity index (χ0v) is 31.2. The van der Waals surface area contributed by atoms with Crippen molar-refractivity contribution in [3.63, 3.8) is 0 Å². The summed E-state index contributed by atoms with van der Waals surface area (Å²) >= 11 is 0. The number of benzene rings is 1. The number of esters is 1. The second-order valence-corrected chi connectivity index (χ2v) is 15.3. The molecular weight excluding hydrogens is 652 g/mol. The lowest BCUT2D eigenvalue weighted by Crippen LogP contribution is -2.51. The molecule has 0 saturated carbocycles. The van der Waals surface area contributed by atoms with E-state index in [1.54, 1.807) is 49.1 Å². The molecule has 3 aliphatic rings. The van der Waals surface area contributed by atoms with Crippen molar-refractivity contribution < 1.29 is 44.2 Å². The average Bonchev–Trinajstić information content (AvgIpc) is 3.85. The lowest BCUT2D eigenvalue weighted by atomic mass is 9.88. The second-order valence-electron chi connectivity index (χ2n) is 15.3. The van der Waals surface area contributed by atoms with Crippen LogP contribution >= 0.6 is 0 Å². The van der Waals surface area contributed by atoms with Crippen molar-refractivity contribution in [2.24, 2.45) is 11.8 Å². The van der Waals surface area contributed by atoms with Crippen molar-refractivity contribution in [1.82, 2.24) is 9.80 Å². The maximum atomic E-state index is 13.4. The van der Waals surface area contributed by atoms with Crippen LogP contribution in [-0.2, 0) is 25.5 Å². The number of carbonyl (C=O) groups is 2. The number of aliphatic hydroxyl groups is 4. The first-order chi connectivity index (χ1) is 24.1. The smallest absolute Gasteiger partial charge is 0.410 e. The molecule has 11 nitrogen and oxygen atoms in total. The van der Waals surface area contributed by atoms with Gasteiger partial charge in [0.05, 0.1) is 36.4 Å². The quantitative estimate of drug-likeness (QED) is 0.112. The van der Waals surface area contributed by atoms with Gasteiger partial charge in [-0.1, -0.05) is 75.4 Å². The molecule has 10 unspecified atom stereocenters. The Kier molecular flexibility index (Phi) is 14.5. The SMILES string of the molecule is CCC(O)C(C)C1OC1CC(C)(O)C=CC=C(C)C1OC(=O)CC(O)CCC(C)(O)C(OC(=O)N2CCN(Cc3ccccc3)CC2)C=CC1C. The Bertz CT molecular complexity index is 1370. The Balaban J connectivity index is 1.42. The molecule has 3 aliphatic heterocycles. The number of aliphatic hydroxyl groups excluding tert-OH is 2. The van der Waals surface area contributed by atoms with Crippen molar-refractivity contribution in [1.29, 1.82) is 0 Å². The van der Waals surface area contributed by atoms with Crippen LogP contribution in [0.5, 0.6) is 0 Å². The van der Waals surface area contributed by atoms with Gasteiger partial charge < -0.3 is 39.5 Å². The summed E-state index contributed by atoms with van der Waals surface area (Å²) in [6, 6.07) is 10.2. The van der Waals surface area contributed by atoms with Gasteiger partial charge in [-0.25, -0.2) is 4.79 Å². The molecule has 3 heterocycles. The molecule has 10 atom stereocenters. The summed E-state index contributed by atoms with van der Waals surface area (Å²) in [5.41, 5.74) is -0.750. The predicted molar refractivity (Wildman–Crippen MR) is 194 cm³/mol. The first kappa shape index (κ1) is 40.7. The summed E-state index contributed by atoms with van der Waals surface area (Å²) in [6.07, 6.45) is 5.62. The second kappa shape index (κ2) is 18.1. The van der Waals surface area contributed by atoms with Gasteiger partial charge in [0.25, 0.3) is 0 Å². The summed E-state index contributed by atoms with van der Waals surface area (Å²) in [6.45, 7) is 14.0. The molecule has 1 amide bonds. The summed E-state index contributed by atoms with van der Waals surface area (Å²) in [7, 11) is 0.